The molecule has 0 bridgehead atoms. The van der Waals surface area contributed by atoms with Crippen molar-refractivity contribution >= 4 is 15.7 Å². The highest BCUT2D eigenvalue weighted by Crippen LogP contribution is 2.25. The quantitative estimate of drug-likeness (QED) is 0.852. The molecule has 2 heterocycles. The van der Waals surface area contributed by atoms with Gasteiger partial charge in [-0.05, 0) is 19.1 Å². The maximum absolute atomic E-state index is 11.9. The molecule has 6 nitrogen and oxygen atoms in total. The number of anilines is 1. The molecule has 0 unspecified atom stereocenters. The Morgan fingerprint density at radius 1 is 1.45 bits per heavy atom. The van der Waals surface area contributed by atoms with E-state index in [0.29, 0.717) is 13.1 Å². The minimum absolute atomic E-state index is 0.0261. The van der Waals surface area contributed by atoms with Crippen molar-refractivity contribution in [2.24, 2.45) is 5.92 Å². The summed E-state index contributed by atoms with van der Waals surface area (Å²) in [7, 11) is -0.265. The zero-order chi connectivity index (χ0) is 14.9. The Morgan fingerprint density at radius 2 is 2.15 bits per heavy atom. The van der Waals surface area contributed by atoms with Gasteiger partial charge in [-0.15, -0.1) is 0 Å². The van der Waals surface area contributed by atoms with Crippen molar-refractivity contribution in [3.8, 4) is 0 Å². The minimum atomic E-state index is -3.29. The SMILES string of the molecule is Cc1cc(N2C[C@@H](CS(=O)(=O)N(C)C)[C@H](O)C2)ccn1. The summed E-state index contributed by atoms with van der Waals surface area (Å²) in [6.45, 7) is 2.90. The predicted molar refractivity (Wildman–Crippen MR) is 78.2 cm³/mol. The number of hydrogen-bond donors (Lipinski definition) is 1. The Balaban J connectivity index is 2.10. The second kappa shape index (κ2) is 5.67. The van der Waals surface area contributed by atoms with E-state index in [9.17, 15) is 13.5 Å². The number of aryl methyl sites for hydroxylation is 1. The highest BCUT2D eigenvalue weighted by molar-refractivity contribution is 7.89. The molecule has 0 amide bonds. The second-order valence-corrected chi connectivity index (χ2v) is 7.68. The summed E-state index contributed by atoms with van der Waals surface area (Å²) in [5, 5.41) is 10.1. The number of aliphatic hydroxyl groups is 1. The molecule has 20 heavy (non-hydrogen) atoms. The van der Waals surface area contributed by atoms with Gasteiger partial charge in [0, 0.05) is 50.7 Å². The number of rotatable bonds is 4. The van der Waals surface area contributed by atoms with Gasteiger partial charge < -0.3 is 10.0 Å². The molecule has 1 aliphatic rings. The first-order valence-electron chi connectivity index (χ1n) is 6.55. The number of sulfonamides is 1. The lowest BCUT2D eigenvalue weighted by Crippen LogP contribution is -2.33. The lowest BCUT2D eigenvalue weighted by atomic mass is 10.1. The van der Waals surface area contributed by atoms with E-state index < -0.39 is 16.1 Å². The van der Waals surface area contributed by atoms with Crippen LogP contribution in [0, 0.1) is 12.8 Å². The molecule has 0 saturated carbocycles. The summed E-state index contributed by atoms with van der Waals surface area (Å²) in [5.74, 6) is -0.294. The fourth-order valence-corrected chi connectivity index (χ4v) is 3.54. The van der Waals surface area contributed by atoms with E-state index in [1.807, 2.05) is 24.0 Å². The maximum Gasteiger partial charge on any atom is 0.214 e. The highest BCUT2D eigenvalue weighted by atomic mass is 32.2. The number of pyridine rings is 1. The molecule has 0 radical (unpaired) electrons. The van der Waals surface area contributed by atoms with E-state index in [1.165, 1.54) is 18.4 Å². The Kier molecular flexibility index (Phi) is 4.31. The first kappa shape index (κ1) is 15.2. The van der Waals surface area contributed by atoms with Crippen molar-refractivity contribution in [3.63, 3.8) is 0 Å². The van der Waals surface area contributed by atoms with E-state index >= 15 is 0 Å². The number of aliphatic hydroxyl groups excluding tert-OH is 1. The van der Waals surface area contributed by atoms with Crippen LogP contribution in [0.4, 0.5) is 5.69 Å². The summed E-state index contributed by atoms with van der Waals surface area (Å²) >= 11 is 0. The van der Waals surface area contributed by atoms with Crippen LogP contribution in [0.5, 0.6) is 0 Å². The van der Waals surface area contributed by atoms with Crippen LogP contribution in [0.2, 0.25) is 0 Å². The monoisotopic (exact) mass is 299 g/mol. The average Bonchev–Trinajstić information content (AvgIpc) is 2.70. The normalized spacial score (nSPS) is 23.6. The molecule has 1 aromatic rings. The Bertz CT molecular complexity index is 574. The number of β-amino-alcohol motifs (C(OH)–C–C–N with tert-alkyl or cyclic N) is 1. The van der Waals surface area contributed by atoms with Gasteiger partial charge in [0.1, 0.15) is 0 Å². The standard InChI is InChI=1S/C13H21N3O3S/c1-10-6-12(4-5-14-10)16-7-11(13(17)8-16)9-20(18,19)15(2)3/h4-6,11,13,17H,7-9H2,1-3H3/t11-,13+/m0/s1. The zero-order valence-corrected chi connectivity index (χ0v) is 12.8. The Labute approximate surface area is 120 Å². The molecule has 1 fully saturated rings. The largest absolute Gasteiger partial charge is 0.391 e. The minimum Gasteiger partial charge on any atom is -0.391 e. The van der Waals surface area contributed by atoms with Gasteiger partial charge in [-0.3, -0.25) is 4.98 Å². The lowest BCUT2D eigenvalue weighted by molar-refractivity contribution is 0.157. The molecular formula is C13H21N3O3S. The van der Waals surface area contributed by atoms with Crippen LogP contribution >= 0.6 is 0 Å². The predicted octanol–water partition coefficient (Wildman–Crippen LogP) is 0.0785. The third-order valence-electron chi connectivity index (χ3n) is 3.63. The van der Waals surface area contributed by atoms with Gasteiger partial charge in [0.2, 0.25) is 10.0 Å². The van der Waals surface area contributed by atoms with Crippen molar-refractivity contribution in [1.29, 1.82) is 0 Å². The van der Waals surface area contributed by atoms with Crippen molar-refractivity contribution < 1.29 is 13.5 Å². The molecule has 2 atom stereocenters. The summed E-state index contributed by atoms with van der Waals surface area (Å²) in [6.07, 6.45) is 1.10. The van der Waals surface area contributed by atoms with Gasteiger partial charge in [0.05, 0.1) is 11.9 Å². The van der Waals surface area contributed by atoms with Gasteiger partial charge in [0.25, 0.3) is 0 Å². The van der Waals surface area contributed by atoms with Gasteiger partial charge in [-0.25, -0.2) is 12.7 Å². The van der Waals surface area contributed by atoms with Crippen LogP contribution in [0.15, 0.2) is 18.3 Å². The molecule has 0 aliphatic carbocycles. The Morgan fingerprint density at radius 3 is 2.75 bits per heavy atom. The van der Waals surface area contributed by atoms with Crippen LogP contribution < -0.4 is 4.90 Å². The molecule has 0 spiro atoms. The molecule has 112 valence electrons. The summed E-state index contributed by atoms with van der Waals surface area (Å²) in [5.41, 5.74) is 1.88. The molecule has 1 N–H and O–H groups in total. The van der Waals surface area contributed by atoms with E-state index in [2.05, 4.69) is 4.98 Å². The van der Waals surface area contributed by atoms with Gasteiger partial charge >= 0.3 is 0 Å². The number of hydrogen-bond acceptors (Lipinski definition) is 5. The van der Waals surface area contributed by atoms with Gasteiger partial charge in [-0.1, -0.05) is 0 Å². The molecule has 1 aromatic heterocycles. The van der Waals surface area contributed by atoms with Crippen molar-refractivity contribution in [2.45, 2.75) is 13.0 Å². The van der Waals surface area contributed by atoms with E-state index in [4.69, 9.17) is 0 Å². The maximum atomic E-state index is 11.9. The molecule has 1 saturated heterocycles. The molecule has 0 aromatic carbocycles. The summed E-state index contributed by atoms with van der Waals surface area (Å²) in [6, 6.07) is 3.82. The van der Waals surface area contributed by atoms with Gasteiger partial charge in [-0.2, -0.15) is 0 Å². The van der Waals surface area contributed by atoms with Crippen LogP contribution in [0.25, 0.3) is 0 Å². The molecule has 7 heteroatoms. The van der Waals surface area contributed by atoms with E-state index in [0.717, 1.165) is 11.4 Å². The average molecular weight is 299 g/mol. The second-order valence-electron chi connectivity index (χ2n) is 5.45. The van der Waals surface area contributed by atoms with Crippen molar-refractivity contribution in [1.82, 2.24) is 9.29 Å². The topological polar surface area (TPSA) is 73.7 Å². The summed E-state index contributed by atoms with van der Waals surface area (Å²) in [4.78, 5) is 6.15. The highest BCUT2D eigenvalue weighted by Gasteiger charge is 2.35. The Hall–Kier alpha value is -1.18. The van der Waals surface area contributed by atoms with Crippen LogP contribution in [-0.2, 0) is 10.0 Å². The van der Waals surface area contributed by atoms with Crippen molar-refractivity contribution in [3.05, 3.63) is 24.0 Å². The first-order chi connectivity index (χ1) is 9.29. The molecule has 1 aliphatic heterocycles. The lowest BCUT2D eigenvalue weighted by Gasteiger charge is -2.19. The fraction of sp³-hybridized carbons (Fsp3) is 0.615. The fourth-order valence-electron chi connectivity index (χ4n) is 2.38. The summed E-state index contributed by atoms with van der Waals surface area (Å²) < 4.78 is 25.0. The van der Waals surface area contributed by atoms with E-state index in [1.54, 1.807) is 6.20 Å². The molecule has 2 rings (SSSR count). The third kappa shape index (κ3) is 3.28. The first-order valence-corrected chi connectivity index (χ1v) is 8.16. The number of aromatic nitrogens is 1. The number of nitrogens with zero attached hydrogens (tertiary/aromatic N) is 3. The van der Waals surface area contributed by atoms with Crippen molar-refractivity contribution in [2.75, 3.05) is 37.8 Å². The molecular weight excluding hydrogens is 278 g/mol. The van der Waals surface area contributed by atoms with E-state index in [-0.39, 0.29) is 11.7 Å². The van der Waals surface area contributed by atoms with Crippen LogP contribution in [0.3, 0.4) is 0 Å². The third-order valence-corrected chi connectivity index (χ3v) is 5.59. The zero-order valence-electron chi connectivity index (χ0n) is 12.0. The van der Waals surface area contributed by atoms with Crippen LogP contribution in [0.1, 0.15) is 5.69 Å². The van der Waals surface area contributed by atoms with Crippen LogP contribution in [-0.4, -0.2) is 61.9 Å². The van der Waals surface area contributed by atoms with Gasteiger partial charge in [0.15, 0.2) is 0 Å². The smallest absolute Gasteiger partial charge is 0.214 e.